The van der Waals surface area contributed by atoms with Gasteiger partial charge in [-0.15, -0.1) is 0 Å². The molecule has 0 aliphatic rings. The number of carbonyl (C=O) groups excluding carboxylic acids is 1. The summed E-state index contributed by atoms with van der Waals surface area (Å²) in [5.41, 5.74) is 7.98. The molecule has 0 spiro atoms. The van der Waals surface area contributed by atoms with Crippen LogP contribution in [0.25, 0.3) is 0 Å². The molecule has 0 radical (unpaired) electrons. The average Bonchev–Trinajstić information content (AvgIpc) is 2.41. The lowest BCUT2D eigenvalue weighted by molar-refractivity contribution is -0.131. The third kappa shape index (κ3) is 4.56. The van der Waals surface area contributed by atoms with Gasteiger partial charge < -0.3 is 16.0 Å². The first-order chi connectivity index (χ1) is 9.12. The molecule has 3 N–H and O–H groups in total. The molecule has 0 heterocycles. The maximum absolute atomic E-state index is 12.1. The zero-order valence-corrected chi connectivity index (χ0v) is 12.1. The summed E-state index contributed by atoms with van der Waals surface area (Å²) >= 11 is 0. The van der Waals surface area contributed by atoms with E-state index in [1.54, 1.807) is 0 Å². The number of rotatable bonds is 7. The number of nitrogens with two attached hydrogens (primary N) is 1. The molecular formula is C15H25N3O. The fraction of sp³-hybridized carbons (Fsp3) is 0.533. The van der Waals surface area contributed by atoms with E-state index in [0.717, 1.165) is 24.3 Å². The molecule has 4 heteroatoms. The molecule has 0 aliphatic carbocycles. The molecule has 4 nitrogen and oxygen atoms in total. The van der Waals surface area contributed by atoms with Gasteiger partial charge in [0.15, 0.2) is 0 Å². The molecule has 0 aliphatic heterocycles. The van der Waals surface area contributed by atoms with E-state index in [4.69, 9.17) is 5.73 Å². The van der Waals surface area contributed by atoms with Crippen molar-refractivity contribution < 1.29 is 4.79 Å². The van der Waals surface area contributed by atoms with Gasteiger partial charge in [-0.25, -0.2) is 0 Å². The molecule has 0 bridgehead atoms. The second-order valence-electron chi connectivity index (χ2n) is 4.66. The maximum Gasteiger partial charge on any atom is 0.224 e. The monoisotopic (exact) mass is 263 g/mol. The van der Waals surface area contributed by atoms with Crippen LogP contribution in [0.2, 0.25) is 0 Å². The van der Waals surface area contributed by atoms with Crippen LogP contribution in [-0.4, -0.2) is 36.5 Å². The first-order valence-corrected chi connectivity index (χ1v) is 6.92. The fourth-order valence-corrected chi connectivity index (χ4v) is 2.06. The molecular weight excluding hydrogens is 238 g/mol. The highest BCUT2D eigenvalue weighted by Crippen LogP contribution is 2.15. The van der Waals surface area contributed by atoms with Crippen LogP contribution in [0, 0.1) is 6.92 Å². The van der Waals surface area contributed by atoms with Gasteiger partial charge in [0.2, 0.25) is 5.91 Å². The standard InChI is InChI=1S/C15H25N3O/c1-4-18(5-2)15(19)10-13(11-16)17-14-9-7-6-8-12(14)3/h6-9,13,17H,4-5,10-11,16H2,1-3H3. The van der Waals surface area contributed by atoms with Crippen LogP contribution in [-0.2, 0) is 4.79 Å². The third-order valence-electron chi connectivity index (χ3n) is 3.33. The van der Waals surface area contributed by atoms with E-state index in [2.05, 4.69) is 5.32 Å². The van der Waals surface area contributed by atoms with Crippen LogP contribution in [0.3, 0.4) is 0 Å². The molecule has 106 valence electrons. The van der Waals surface area contributed by atoms with Crippen molar-refractivity contribution in [2.75, 3.05) is 25.0 Å². The smallest absolute Gasteiger partial charge is 0.224 e. The van der Waals surface area contributed by atoms with E-state index in [0.29, 0.717) is 13.0 Å². The Hall–Kier alpha value is -1.55. The Morgan fingerprint density at radius 3 is 2.47 bits per heavy atom. The lowest BCUT2D eigenvalue weighted by Crippen LogP contribution is -2.38. The van der Waals surface area contributed by atoms with Crippen LogP contribution in [0.5, 0.6) is 0 Å². The Bertz CT molecular complexity index is 402. The van der Waals surface area contributed by atoms with Crippen LogP contribution in [0.1, 0.15) is 25.8 Å². The van der Waals surface area contributed by atoms with E-state index in [1.165, 1.54) is 0 Å². The van der Waals surface area contributed by atoms with Gasteiger partial charge in [0.25, 0.3) is 0 Å². The molecule has 1 unspecified atom stereocenters. The highest BCUT2D eigenvalue weighted by molar-refractivity contribution is 5.77. The molecule has 1 aromatic carbocycles. The molecule has 0 saturated carbocycles. The van der Waals surface area contributed by atoms with E-state index < -0.39 is 0 Å². The van der Waals surface area contributed by atoms with Crippen molar-refractivity contribution in [3.8, 4) is 0 Å². The molecule has 19 heavy (non-hydrogen) atoms. The maximum atomic E-state index is 12.1. The van der Waals surface area contributed by atoms with Crippen LogP contribution in [0.4, 0.5) is 5.69 Å². The minimum absolute atomic E-state index is 0.0193. The minimum Gasteiger partial charge on any atom is -0.380 e. The summed E-state index contributed by atoms with van der Waals surface area (Å²) in [5, 5.41) is 3.36. The quantitative estimate of drug-likeness (QED) is 0.791. The number of aryl methyl sites for hydroxylation is 1. The number of anilines is 1. The average molecular weight is 263 g/mol. The summed E-state index contributed by atoms with van der Waals surface area (Å²) in [5.74, 6) is 0.154. The van der Waals surface area contributed by atoms with Gasteiger partial charge in [-0.1, -0.05) is 18.2 Å². The van der Waals surface area contributed by atoms with Crippen molar-refractivity contribution >= 4 is 11.6 Å². The Labute approximate surface area is 116 Å². The molecule has 1 aromatic rings. The second-order valence-corrected chi connectivity index (χ2v) is 4.66. The largest absolute Gasteiger partial charge is 0.380 e. The van der Waals surface area contributed by atoms with Gasteiger partial charge in [-0.05, 0) is 32.4 Å². The Morgan fingerprint density at radius 1 is 1.32 bits per heavy atom. The molecule has 0 aromatic heterocycles. The van der Waals surface area contributed by atoms with Crippen LogP contribution in [0.15, 0.2) is 24.3 Å². The zero-order valence-electron chi connectivity index (χ0n) is 12.1. The van der Waals surface area contributed by atoms with Gasteiger partial charge in [-0.2, -0.15) is 0 Å². The molecule has 1 atom stereocenters. The molecule has 0 saturated heterocycles. The number of hydrogen-bond acceptors (Lipinski definition) is 3. The van der Waals surface area contributed by atoms with Gasteiger partial charge >= 0.3 is 0 Å². The number of amides is 1. The first-order valence-electron chi connectivity index (χ1n) is 6.92. The lowest BCUT2D eigenvalue weighted by Gasteiger charge is -2.24. The molecule has 1 rings (SSSR count). The Balaban J connectivity index is 2.64. The lowest BCUT2D eigenvalue weighted by atomic mass is 10.1. The zero-order chi connectivity index (χ0) is 14.3. The number of nitrogens with zero attached hydrogens (tertiary/aromatic N) is 1. The van der Waals surface area contributed by atoms with E-state index in [-0.39, 0.29) is 11.9 Å². The van der Waals surface area contributed by atoms with Crippen LogP contribution >= 0.6 is 0 Å². The third-order valence-corrected chi connectivity index (χ3v) is 3.33. The Kier molecular flexibility index (Phi) is 6.36. The van der Waals surface area contributed by atoms with Gasteiger partial charge in [0.05, 0.1) is 0 Å². The topological polar surface area (TPSA) is 58.4 Å². The predicted octanol–water partition coefficient (Wildman–Crippen LogP) is 1.99. The van der Waals surface area contributed by atoms with Crippen molar-refractivity contribution in [2.24, 2.45) is 5.73 Å². The molecule has 0 fully saturated rings. The highest BCUT2D eigenvalue weighted by Gasteiger charge is 2.16. The van der Waals surface area contributed by atoms with Crippen molar-refractivity contribution in [1.82, 2.24) is 4.90 Å². The van der Waals surface area contributed by atoms with E-state index in [1.807, 2.05) is 49.9 Å². The Morgan fingerprint density at radius 2 is 1.95 bits per heavy atom. The number of carbonyl (C=O) groups is 1. The van der Waals surface area contributed by atoms with E-state index >= 15 is 0 Å². The first kappa shape index (κ1) is 15.5. The fourth-order valence-electron chi connectivity index (χ4n) is 2.06. The molecule has 1 amide bonds. The SMILES string of the molecule is CCN(CC)C(=O)CC(CN)Nc1ccccc1C. The number of benzene rings is 1. The summed E-state index contributed by atoms with van der Waals surface area (Å²) in [4.78, 5) is 13.9. The van der Waals surface area contributed by atoms with Crippen LogP contribution < -0.4 is 11.1 Å². The van der Waals surface area contributed by atoms with Crippen molar-refractivity contribution in [3.63, 3.8) is 0 Å². The van der Waals surface area contributed by atoms with Gasteiger partial charge in [0, 0.05) is 37.8 Å². The normalized spacial score (nSPS) is 12.0. The number of para-hydroxylation sites is 1. The van der Waals surface area contributed by atoms with Crippen molar-refractivity contribution in [2.45, 2.75) is 33.2 Å². The minimum atomic E-state index is -0.0193. The van der Waals surface area contributed by atoms with Crippen molar-refractivity contribution in [1.29, 1.82) is 0 Å². The summed E-state index contributed by atoms with van der Waals surface area (Å²) in [6, 6.07) is 8.02. The summed E-state index contributed by atoms with van der Waals surface area (Å²) in [6.45, 7) is 7.97. The van der Waals surface area contributed by atoms with E-state index in [9.17, 15) is 4.79 Å². The summed E-state index contributed by atoms with van der Waals surface area (Å²) in [6.07, 6.45) is 0.437. The highest BCUT2D eigenvalue weighted by atomic mass is 16.2. The predicted molar refractivity (Wildman–Crippen MR) is 80.2 cm³/mol. The van der Waals surface area contributed by atoms with Gasteiger partial charge in [0.1, 0.15) is 0 Å². The summed E-state index contributed by atoms with van der Waals surface area (Å²) < 4.78 is 0. The van der Waals surface area contributed by atoms with Gasteiger partial charge in [-0.3, -0.25) is 4.79 Å². The number of nitrogens with one attached hydrogen (secondary N) is 1. The number of hydrogen-bond donors (Lipinski definition) is 2. The second kappa shape index (κ2) is 7.79. The summed E-state index contributed by atoms with van der Waals surface area (Å²) in [7, 11) is 0. The van der Waals surface area contributed by atoms with Crippen molar-refractivity contribution in [3.05, 3.63) is 29.8 Å².